The maximum Gasteiger partial charge on any atom is 0.303 e. The van der Waals surface area contributed by atoms with Crippen LogP contribution in [0.25, 0.3) is 0 Å². The number of carboxylic acids is 1. The summed E-state index contributed by atoms with van der Waals surface area (Å²) in [5, 5.41) is 8.53. The van der Waals surface area contributed by atoms with Gasteiger partial charge in [0.05, 0.1) is 0 Å². The average Bonchev–Trinajstić information content (AvgIpc) is 2.16. The van der Waals surface area contributed by atoms with Crippen molar-refractivity contribution in [3.63, 3.8) is 0 Å². The topological polar surface area (TPSA) is 54.4 Å². The van der Waals surface area contributed by atoms with E-state index in [0.29, 0.717) is 12.3 Å². The molecular formula is C12H20O3. The molecule has 15 heavy (non-hydrogen) atoms. The van der Waals surface area contributed by atoms with Gasteiger partial charge in [-0.25, -0.2) is 0 Å². The molecule has 3 heteroatoms. The van der Waals surface area contributed by atoms with E-state index in [1.54, 1.807) is 0 Å². The summed E-state index contributed by atoms with van der Waals surface area (Å²) in [5.74, 6) is -0.610. The summed E-state index contributed by atoms with van der Waals surface area (Å²) in [6, 6.07) is 0. The highest BCUT2D eigenvalue weighted by Gasteiger charge is 2.12. The number of hydrogen-bond acceptors (Lipinski definition) is 2. The van der Waals surface area contributed by atoms with Crippen LogP contribution in [0.5, 0.6) is 0 Å². The molecule has 0 saturated carbocycles. The largest absolute Gasteiger partial charge is 0.481 e. The Morgan fingerprint density at radius 3 is 2.33 bits per heavy atom. The Hall–Kier alpha value is -1.12. The summed E-state index contributed by atoms with van der Waals surface area (Å²) >= 11 is 0. The molecule has 0 spiro atoms. The fraction of sp³-hybridized carbons (Fsp3) is 0.667. The molecule has 0 radical (unpaired) electrons. The summed E-state index contributed by atoms with van der Waals surface area (Å²) in [7, 11) is 0. The lowest BCUT2D eigenvalue weighted by molar-refractivity contribution is -0.137. The zero-order valence-corrected chi connectivity index (χ0v) is 9.69. The molecule has 2 atom stereocenters. The Kier molecular flexibility index (Phi) is 6.67. The Bertz CT molecular complexity index is 243. The SMILES string of the molecule is CC[C@@H](C)/C=C/[C@@H](CCC(=O)O)C(C)=O. The number of carbonyl (C=O) groups excluding carboxylic acids is 1. The van der Waals surface area contributed by atoms with E-state index in [1.807, 2.05) is 12.2 Å². The van der Waals surface area contributed by atoms with Gasteiger partial charge < -0.3 is 5.11 Å². The maximum absolute atomic E-state index is 11.2. The number of carboxylic acid groups (broad SMARTS) is 1. The van der Waals surface area contributed by atoms with Crippen molar-refractivity contribution >= 4 is 11.8 Å². The summed E-state index contributed by atoms with van der Waals surface area (Å²) in [5.41, 5.74) is 0. The van der Waals surface area contributed by atoms with Gasteiger partial charge in [-0.1, -0.05) is 32.4 Å². The van der Waals surface area contributed by atoms with Gasteiger partial charge in [0.25, 0.3) is 0 Å². The van der Waals surface area contributed by atoms with Crippen molar-refractivity contribution in [2.75, 3.05) is 0 Å². The minimum absolute atomic E-state index is 0.0378. The third-order valence-electron chi connectivity index (χ3n) is 2.51. The average molecular weight is 212 g/mol. The number of carbonyl (C=O) groups is 2. The molecule has 0 amide bonds. The van der Waals surface area contributed by atoms with Crippen molar-refractivity contribution in [3.8, 4) is 0 Å². The van der Waals surface area contributed by atoms with Crippen LogP contribution in [0.4, 0.5) is 0 Å². The first-order valence-corrected chi connectivity index (χ1v) is 5.38. The van der Waals surface area contributed by atoms with Gasteiger partial charge in [-0.2, -0.15) is 0 Å². The minimum atomic E-state index is -0.849. The Morgan fingerprint density at radius 2 is 1.93 bits per heavy atom. The Labute approximate surface area is 91.2 Å². The summed E-state index contributed by atoms with van der Waals surface area (Å²) in [6.45, 7) is 5.66. The van der Waals surface area contributed by atoms with Crippen molar-refractivity contribution in [1.29, 1.82) is 0 Å². The van der Waals surface area contributed by atoms with Crippen LogP contribution in [-0.4, -0.2) is 16.9 Å². The van der Waals surface area contributed by atoms with Crippen LogP contribution in [0.15, 0.2) is 12.2 Å². The van der Waals surface area contributed by atoms with Crippen LogP contribution in [0, 0.1) is 11.8 Å². The van der Waals surface area contributed by atoms with Crippen molar-refractivity contribution < 1.29 is 14.7 Å². The molecule has 0 fully saturated rings. The zero-order valence-electron chi connectivity index (χ0n) is 9.69. The van der Waals surface area contributed by atoms with Crippen LogP contribution in [0.2, 0.25) is 0 Å². The molecule has 0 aliphatic carbocycles. The lowest BCUT2D eigenvalue weighted by Gasteiger charge is -2.08. The second kappa shape index (κ2) is 7.21. The van der Waals surface area contributed by atoms with Gasteiger partial charge in [-0.05, 0) is 19.3 Å². The molecule has 0 aromatic carbocycles. The van der Waals surface area contributed by atoms with Gasteiger partial charge in [0.2, 0.25) is 0 Å². The van der Waals surface area contributed by atoms with Crippen molar-refractivity contribution in [1.82, 2.24) is 0 Å². The highest BCUT2D eigenvalue weighted by Crippen LogP contribution is 2.12. The summed E-state index contributed by atoms with van der Waals surface area (Å²) in [6.07, 6.45) is 5.32. The highest BCUT2D eigenvalue weighted by atomic mass is 16.4. The molecule has 0 aromatic rings. The summed E-state index contributed by atoms with van der Waals surface area (Å²) in [4.78, 5) is 21.6. The smallest absolute Gasteiger partial charge is 0.303 e. The number of ketones is 1. The van der Waals surface area contributed by atoms with Crippen LogP contribution in [0.1, 0.15) is 40.0 Å². The highest BCUT2D eigenvalue weighted by molar-refractivity contribution is 5.80. The summed E-state index contributed by atoms with van der Waals surface area (Å²) < 4.78 is 0. The quantitative estimate of drug-likeness (QED) is 0.660. The molecule has 0 aliphatic heterocycles. The molecule has 0 aromatic heterocycles. The van der Waals surface area contributed by atoms with Crippen LogP contribution in [-0.2, 0) is 9.59 Å². The van der Waals surface area contributed by atoms with Crippen molar-refractivity contribution in [2.24, 2.45) is 11.8 Å². The van der Waals surface area contributed by atoms with Gasteiger partial charge in [0.15, 0.2) is 0 Å². The van der Waals surface area contributed by atoms with E-state index in [1.165, 1.54) is 6.92 Å². The van der Waals surface area contributed by atoms with E-state index in [9.17, 15) is 9.59 Å². The molecule has 0 heterocycles. The second-order valence-corrected chi connectivity index (χ2v) is 3.92. The number of hydrogen-bond donors (Lipinski definition) is 1. The van der Waals surface area contributed by atoms with Crippen LogP contribution < -0.4 is 0 Å². The maximum atomic E-state index is 11.2. The van der Waals surface area contributed by atoms with Crippen LogP contribution >= 0.6 is 0 Å². The van der Waals surface area contributed by atoms with Gasteiger partial charge in [-0.15, -0.1) is 0 Å². The van der Waals surface area contributed by atoms with E-state index >= 15 is 0 Å². The monoisotopic (exact) mass is 212 g/mol. The number of aliphatic carboxylic acids is 1. The Morgan fingerprint density at radius 1 is 1.33 bits per heavy atom. The third kappa shape index (κ3) is 6.89. The fourth-order valence-corrected chi connectivity index (χ4v) is 1.17. The predicted octanol–water partition coefficient (Wildman–Crippen LogP) is 2.66. The van der Waals surface area contributed by atoms with Gasteiger partial charge in [0.1, 0.15) is 5.78 Å². The van der Waals surface area contributed by atoms with E-state index in [-0.39, 0.29) is 18.1 Å². The molecule has 0 saturated heterocycles. The minimum Gasteiger partial charge on any atom is -0.481 e. The fourth-order valence-electron chi connectivity index (χ4n) is 1.17. The van der Waals surface area contributed by atoms with Gasteiger partial charge >= 0.3 is 5.97 Å². The molecular weight excluding hydrogens is 192 g/mol. The molecule has 0 unspecified atom stereocenters. The first-order valence-electron chi connectivity index (χ1n) is 5.38. The lowest BCUT2D eigenvalue weighted by Crippen LogP contribution is -2.10. The van der Waals surface area contributed by atoms with E-state index < -0.39 is 5.97 Å². The lowest BCUT2D eigenvalue weighted by atomic mass is 9.96. The number of rotatable bonds is 7. The second-order valence-electron chi connectivity index (χ2n) is 3.92. The Balaban J connectivity index is 4.21. The van der Waals surface area contributed by atoms with E-state index in [4.69, 9.17) is 5.11 Å². The van der Waals surface area contributed by atoms with E-state index in [2.05, 4.69) is 13.8 Å². The molecule has 0 bridgehead atoms. The van der Waals surface area contributed by atoms with Crippen molar-refractivity contribution in [3.05, 3.63) is 12.2 Å². The standard InChI is InChI=1S/C12H20O3/c1-4-9(2)5-6-11(10(3)13)7-8-12(14)15/h5-6,9,11H,4,7-8H2,1-3H3,(H,14,15)/b6-5+/t9-,11+/m1/s1. The molecule has 86 valence electrons. The molecule has 0 rings (SSSR count). The van der Waals surface area contributed by atoms with E-state index in [0.717, 1.165) is 6.42 Å². The molecule has 0 aliphatic rings. The van der Waals surface area contributed by atoms with Crippen LogP contribution in [0.3, 0.4) is 0 Å². The number of Topliss-reactive ketones (excluding diaryl/α,β-unsaturated/α-hetero) is 1. The predicted molar refractivity (Wildman–Crippen MR) is 59.6 cm³/mol. The third-order valence-corrected chi connectivity index (χ3v) is 2.51. The molecule has 1 N–H and O–H groups in total. The zero-order chi connectivity index (χ0) is 11.8. The first kappa shape index (κ1) is 13.9. The normalized spacial score (nSPS) is 15.1. The van der Waals surface area contributed by atoms with Gasteiger partial charge in [0, 0.05) is 12.3 Å². The first-order chi connectivity index (χ1) is 6.97. The number of allylic oxidation sites excluding steroid dienone is 2. The van der Waals surface area contributed by atoms with Gasteiger partial charge in [-0.3, -0.25) is 9.59 Å². The molecule has 3 nitrogen and oxygen atoms in total. The van der Waals surface area contributed by atoms with Crippen molar-refractivity contribution in [2.45, 2.75) is 40.0 Å².